The average Bonchev–Trinajstić information content (AvgIpc) is 2.66. The lowest BCUT2D eigenvalue weighted by Crippen LogP contribution is -2.43. The van der Waals surface area contributed by atoms with Crippen LogP contribution < -0.4 is 4.18 Å². The molecule has 0 aliphatic carbocycles. The van der Waals surface area contributed by atoms with Crippen LogP contribution in [-0.4, -0.2) is 38.5 Å². The highest BCUT2D eigenvalue weighted by Crippen LogP contribution is 2.41. The van der Waals surface area contributed by atoms with Crippen LogP contribution in [0.5, 0.6) is 5.75 Å². The Labute approximate surface area is 172 Å². The summed E-state index contributed by atoms with van der Waals surface area (Å²) in [5, 5.41) is 0. The zero-order valence-electron chi connectivity index (χ0n) is 17.3. The second kappa shape index (κ2) is 10.2. The number of hydrogen-bond donors (Lipinski definition) is 0. The Bertz CT molecular complexity index is 742. The molecule has 2 rings (SSSR count). The quantitative estimate of drug-likeness (QED) is 0.271. The van der Waals surface area contributed by atoms with Crippen molar-refractivity contribution in [1.82, 2.24) is 4.90 Å². The summed E-state index contributed by atoms with van der Waals surface area (Å²) in [5.41, 5.74) is -4.73. The zero-order chi connectivity index (χ0) is 21.5. The Balaban J connectivity index is 2.11. The molecule has 4 nitrogen and oxygen atoms in total. The van der Waals surface area contributed by atoms with Crippen molar-refractivity contribution in [3.05, 3.63) is 29.8 Å². The fourth-order valence-electron chi connectivity index (χ4n) is 4.18. The predicted molar refractivity (Wildman–Crippen MR) is 108 cm³/mol. The highest BCUT2D eigenvalue weighted by molar-refractivity contribution is 7.88. The number of hydrogen-bond acceptors (Lipinski definition) is 4. The van der Waals surface area contributed by atoms with Crippen LogP contribution in [0.1, 0.15) is 70.8 Å². The number of alkyl halides is 3. The number of nitrogens with zero attached hydrogens (tertiary/aromatic N) is 1. The lowest BCUT2D eigenvalue weighted by molar-refractivity contribution is -0.0500. The SMILES string of the molecule is CCCCCCN1CCC(CCC)(c2cccc(OS(=O)(=O)C(F)(F)F)c2)CC1. The summed E-state index contributed by atoms with van der Waals surface area (Å²) in [6.07, 6.45) is 8.56. The monoisotopic (exact) mass is 435 g/mol. The van der Waals surface area contributed by atoms with Crippen LogP contribution in [0.4, 0.5) is 13.2 Å². The van der Waals surface area contributed by atoms with Crippen LogP contribution in [0.15, 0.2) is 24.3 Å². The Morgan fingerprint density at radius 2 is 1.76 bits per heavy atom. The summed E-state index contributed by atoms with van der Waals surface area (Å²) in [7, 11) is -5.66. The molecule has 0 atom stereocenters. The van der Waals surface area contributed by atoms with Gasteiger partial charge in [-0.25, -0.2) is 0 Å². The van der Waals surface area contributed by atoms with E-state index in [2.05, 4.69) is 22.9 Å². The minimum atomic E-state index is -5.66. The van der Waals surface area contributed by atoms with Crippen LogP contribution >= 0.6 is 0 Å². The van der Waals surface area contributed by atoms with Crippen molar-refractivity contribution in [2.45, 2.75) is 76.1 Å². The van der Waals surface area contributed by atoms with E-state index in [4.69, 9.17) is 0 Å². The van der Waals surface area contributed by atoms with Crippen LogP contribution in [0.3, 0.4) is 0 Å². The van der Waals surface area contributed by atoms with E-state index in [0.717, 1.165) is 50.9 Å². The van der Waals surface area contributed by atoms with Crippen molar-refractivity contribution in [2.24, 2.45) is 0 Å². The van der Waals surface area contributed by atoms with Gasteiger partial charge in [-0.3, -0.25) is 0 Å². The summed E-state index contributed by atoms with van der Waals surface area (Å²) in [6.45, 7) is 7.25. The van der Waals surface area contributed by atoms with Crippen molar-refractivity contribution in [3.63, 3.8) is 0 Å². The highest BCUT2D eigenvalue weighted by atomic mass is 32.2. The standard InChI is InChI=1S/C21H32F3NO3S/c1-3-5-6-7-14-25-15-12-20(11-4-2,13-16-25)18-9-8-10-19(17-18)28-29(26,27)21(22,23)24/h8-10,17H,3-7,11-16H2,1-2H3. The van der Waals surface area contributed by atoms with Crippen LogP contribution in [0.25, 0.3) is 0 Å². The molecule has 1 aromatic carbocycles. The number of rotatable bonds is 10. The molecule has 1 aliphatic rings. The predicted octanol–water partition coefficient (Wildman–Crippen LogP) is 5.63. The normalized spacial score (nSPS) is 18.0. The van der Waals surface area contributed by atoms with E-state index < -0.39 is 15.6 Å². The number of piperidine rings is 1. The molecule has 0 N–H and O–H groups in total. The Morgan fingerprint density at radius 3 is 2.34 bits per heavy atom. The maximum atomic E-state index is 12.6. The third-order valence-corrected chi connectivity index (χ3v) is 6.78. The molecule has 1 aromatic rings. The first-order chi connectivity index (χ1) is 13.6. The van der Waals surface area contributed by atoms with E-state index >= 15 is 0 Å². The van der Waals surface area contributed by atoms with Crippen molar-refractivity contribution >= 4 is 10.1 Å². The molecule has 1 saturated heterocycles. The number of unbranched alkanes of at least 4 members (excludes halogenated alkanes) is 3. The van der Waals surface area contributed by atoms with Gasteiger partial charge in [0.25, 0.3) is 0 Å². The van der Waals surface area contributed by atoms with Gasteiger partial charge in [-0.2, -0.15) is 21.6 Å². The van der Waals surface area contributed by atoms with E-state index in [9.17, 15) is 21.6 Å². The molecule has 29 heavy (non-hydrogen) atoms. The molecule has 1 fully saturated rings. The van der Waals surface area contributed by atoms with Gasteiger partial charge in [0.05, 0.1) is 0 Å². The van der Waals surface area contributed by atoms with Gasteiger partial charge in [0.15, 0.2) is 0 Å². The topological polar surface area (TPSA) is 46.6 Å². The molecule has 0 radical (unpaired) electrons. The Hall–Kier alpha value is -1.28. The van der Waals surface area contributed by atoms with Crippen molar-refractivity contribution < 1.29 is 25.8 Å². The molecule has 0 amide bonds. The molecule has 166 valence electrons. The molecule has 0 saturated carbocycles. The van der Waals surface area contributed by atoms with E-state index in [1.54, 1.807) is 6.07 Å². The minimum absolute atomic E-state index is 0.157. The summed E-state index contributed by atoms with van der Waals surface area (Å²) in [6, 6.07) is 6.18. The molecule has 0 aromatic heterocycles. The lowest BCUT2D eigenvalue weighted by Gasteiger charge is -2.42. The first-order valence-electron chi connectivity index (χ1n) is 10.5. The van der Waals surface area contributed by atoms with E-state index in [1.807, 2.05) is 6.07 Å². The second-order valence-corrected chi connectivity index (χ2v) is 9.48. The first-order valence-corrected chi connectivity index (χ1v) is 11.9. The molecule has 1 heterocycles. The van der Waals surface area contributed by atoms with Crippen molar-refractivity contribution in [1.29, 1.82) is 0 Å². The van der Waals surface area contributed by atoms with Gasteiger partial charge in [0.2, 0.25) is 0 Å². The third-order valence-electron chi connectivity index (χ3n) is 5.81. The van der Waals surface area contributed by atoms with Gasteiger partial charge in [-0.1, -0.05) is 51.7 Å². The van der Waals surface area contributed by atoms with Crippen LogP contribution in [-0.2, 0) is 15.5 Å². The van der Waals surface area contributed by atoms with Gasteiger partial charge in [0.1, 0.15) is 5.75 Å². The molecule has 0 spiro atoms. The van der Waals surface area contributed by atoms with E-state index in [-0.39, 0.29) is 11.2 Å². The minimum Gasteiger partial charge on any atom is -0.376 e. The van der Waals surface area contributed by atoms with E-state index in [1.165, 1.54) is 37.8 Å². The average molecular weight is 436 g/mol. The van der Waals surface area contributed by atoms with Crippen molar-refractivity contribution in [2.75, 3.05) is 19.6 Å². The van der Waals surface area contributed by atoms with Crippen LogP contribution in [0.2, 0.25) is 0 Å². The number of benzene rings is 1. The smallest absolute Gasteiger partial charge is 0.376 e. The molecular formula is C21H32F3NO3S. The van der Waals surface area contributed by atoms with Gasteiger partial charge in [-0.15, -0.1) is 0 Å². The summed E-state index contributed by atoms with van der Waals surface area (Å²) in [5.74, 6) is -0.280. The Kier molecular flexibility index (Phi) is 8.40. The first kappa shape index (κ1) is 24.0. The molecule has 0 unspecified atom stereocenters. The number of likely N-dealkylation sites (tertiary alicyclic amines) is 1. The maximum Gasteiger partial charge on any atom is 0.534 e. The molecule has 8 heteroatoms. The number of halogens is 3. The molecule has 0 bridgehead atoms. The lowest BCUT2D eigenvalue weighted by atomic mass is 9.70. The van der Waals surface area contributed by atoms with Gasteiger partial charge in [0, 0.05) is 0 Å². The third kappa shape index (κ3) is 6.35. The van der Waals surface area contributed by atoms with Gasteiger partial charge >= 0.3 is 15.6 Å². The maximum absolute atomic E-state index is 12.6. The summed E-state index contributed by atoms with van der Waals surface area (Å²) >= 11 is 0. The summed E-state index contributed by atoms with van der Waals surface area (Å²) in [4.78, 5) is 2.46. The Morgan fingerprint density at radius 1 is 1.07 bits per heavy atom. The van der Waals surface area contributed by atoms with E-state index in [0.29, 0.717) is 0 Å². The molecular weight excluding hydrogens is 403 g/mol. The fourth-order valence-corrected chi connectivity index (χ4v) is 4.63. The van der Waals surface area contributed by atoms with Crippen LogP contribution in [0, 0.1) is 0 Å². The highest BCUT2D eigenvalue weighted by Gasteiger charge is 2.48. The fraction of sp³-hybridized carbons (Fsp3) is 0.714. The van der Waals surface area contributed by atoms with Gasteiger partial charge in [-0.05, 0) is 68.4 Å². The van der Waals surface area contributed by atoms with Crippen molar-refractivity contribution in [3.8, 4) is 5.75 Å². The largest absolute Gasteiger partial charge is 0.534 e. The summed E-state index contributed by atoms with van der Waals surface area (Å²) < 4.78 is 65.0. The molecule has 1 aliphatic heterocycles. The second-order valence-electron chi connectivity index (χ2n) is 7.94. The van der Waals surface area contributed by atoms with Gasteiger partial charge < -0.3 is 9.08 Å². The zero-order valence-corrected chi connectivity index (χ0v) is 18.1.